The molecule has 0 heterocycles. The van der Waals surface area contributed by atoms with Crippen molar-refractivity contribution in [2.45, 2.75) is 20.8 Å². The second-order valence-electron chi connectivity index (χ2n) is 4.53. The maximum absolute atomic E-state index is 12.7. The van der Waals surface area contributed by atoms with E-state index in [0.29, 0.717) is 18.0 Å². The minimum Gasteiger partial charge on any atom is -0.491 e. The minimum absolute atomic E-state index is 0.0703. The summed E-state index contributed by atoms with van der Waals surface area (Å²) in [6, 6.07) is 4.16. The van der Waals surface area contributed by atoms with Gasteiger partial charge in [-0.3, -0.25) is 0 Å². The Morgan fingerprint density at radius 2 is 2.00 bits per heavy atom. The van der Waals surface area contributed by atoms with E-state index in [1.54, 1.807) is 6.07 Å². The van der Waals surface area contributed by atoms with Crippen molar-refractivity contribution in [3.8, 4) is 5.75 Å². The van der Waals surface area contributed by atoms with E-state index in [1.807, 2.05) is 0 Å². The Balaban J connectivity index is 2.68. The van der Waals surface area contributed by atoms with E-state index in [4.69, 9.17) is 10.5 Å². The van der Waals surface area contributed by atoms with Gasteiger partial charge in [-0.25, -0.2) is 4.39 Å². The average Bonchev–Trinajstić information content (AvgIpc) is 2.00. The quantitative estimate of drug-likeness (QED) is 0.740. The van der Waals surface area contributed by atoms with Gasteiger partial charge in [-0.15, -0.1) is 0 Å². The van der Waals surface area contributed by atoms with Gasteiger partial charge in [0.25, 0.3) is 0 Å². The zero-order valence-corrected chi connectivity index (χ0v) is 8.80. The Hall–Kier alpha value is -1.25. The second kappa shape index (κ2) is 3.86. The molecule has 2 nitrogen and oxygen atoms in total. The van der Waals surface area contributed by atoms with Gasteiger partial charge in [0.2, 0.25) is 0 Å². The summed E-state index contributed by atoms with van der Waals surface area (Å²) in [5.41, 5.74) is 6.00. The molecule has 78 valence electrons. The lowest BCUT2D eigenvalue weighted by Crippen LogP contribution is -2.17. The maximum atomic E-state index is 12.7. The van der Waals surface area contributed by atoms with E-state index >= 15 is 0 Å². The van der Waals surface area contributed by atoms with Crippen LogP contribution < -0.4 is 10.5 Å². The predicted molar refractivity (Wildman–Crippen MR) is 55.8 cm³/mol. The maximum Gasteiger partial charge on any atom is 0.142 e. The second-order valence-corrected chi connectivity index (χ2v) is 4.53. The van der Waals surface area contributed by atoms with Crippen LogP contribution in [0.3, 0.4) is 0 Å². The van der Waals surface area contributed by atoms with Crippen LogP contribution in [0.25, 0.3) is 0 Å². The van der Waals surface area contributed by atoms with Gasteiger partial charge in [0.15, 0.2) is 0 Å². The first kappa shape index (κ1) is 10.8. The normalized spacial score (nSPS) is 11.4. The number of anilines is 1. The molecule has 14 heavy (non-hydrogen) atoms. The van der Waals surface area contributed by atoms with Crippen molar-refractivity contribution in [1.82, 2.24) is 0 Å². The standard InChI is InChI=1S/C11H16FNO/c1-11(2,3)7-14-10-5-4-8(12)6-9(10)13/h4-6H,7,13H2,1-3H3. The van der Waals surface area contributed by atoms with Crippen LogP contribution in [0.15, 0.2) is 18.2 Å². The van der Waals surface area contributed by atoms with E-state index in [2.05, 4.69) is 20.8 Å². The smallest absolute Gasteiger partial charge is 0.142 e. The number of hydrogen-bond acceptors (Lipinski definition) is 2. The fourth-order valence-electron chi connectivity index (χ4n) is 0.945. The third-order valence-electron chi connectivity index (χ3n) is 1.63. The van der Waals surface area contributed by atoms with Crippen LogP contribution in [-0.4, -0.2) is 6.61 Å². The van der Waals surface area contributed by atoms with Crippen molar-refractivity contribution >= 4 is 5.69 Å². The number of hydrogen-bond donors (Lipinski definition) is 1. The van der Waals surface area contributed by atoms with Crippen LogP contribution in [0.2, 0.25) is 0 Å². The topological polar surface area (TPSA) is 35.2 Å². The van der Waals surface area contributed by atoms with Crippen LogP contribution in [-0.2, 0) is 0 Å². The molecular weight excluding hydrogens is 181 g/mol. The number of rotatable bonds is 2. The first-order valence-corrected chi connectivity index (χ1v) is 4.56. The SMILES string of the molecule is CC(C)(C)COc1ccc(F)cc1N. The number of ether oxygens (including phenoxy) is 1. The molecule has 0 spiro atoms. The van der Waals surface area contributed by atoms with Gasteiger partial charge in [0, 0.05) is 6.07 Å². The highest BCUT2D eigenvalue weighted by Gasteiger charge is 2.12. The van der Waals surface area contributed by atoms with Gasteiger partial charge >= 0.3 is 0 Å². The van der Waals surface area contributed by atoms with Crippen molar-refractivity contribution in [1.29, 1.82) is 0 Å². The zero-order chi connectivity index (χ0) is 10.8. The molecular formula is C11H16FNO. The third kappa shape index (κ3) is 3.24. The Bertz CT molecular complexity index is 318. The molecule has 0 atom stereocenters. The van der Waals surface area contributed by atoms with E-state index in [0.717, 1.165) is 0 Å². The molecule has 1 rings (SSSR count). The Morgan fingerprint density at radius 1 is 1.36 bits per heavy atom. The number of nitrogens with two attached hydrogens (primary N) is 1. The first-order chi connectivity index (χ1) is 6.38. The lowest BCUT2D eigenvalue weighted by molar-refractivity contribution is 0.198. The summed E-state index contributed by atoms with van der Waals surface area (Å²) in [7, 11) is 0. The molecule has 0 saturated carbocycles. The Kier molecular flexibility index (Phi) is 2.99. The summed E-state index contributed by atoms with van der Waals surface area (Å²) in [6.45, 7) is 6.75. The van der Waals surface area contributed by atoms with Crippen LogP contribution in [0, 0.1) is 11.2 Å². The molecule has 0 amide bonds. The first-order valence-electron chi connectivity index (χ1n) is 4.56. The fourth-order valence-corrected chi connectivity index (χ4v) is 0.945. The van der Waals surface area contributed by atoms with Crippen molar-refractivity contribution in [2.75, 3.05) is 12.3 Å². The van der Waals surface area contributed by atoms with Crippen molar-refractivity contribution < 1.29 is 9.13 Å². The lowest BCUT2D eigenvalue weighted by Gasteiger charge is -2.19. The van der Waals surface area contributed by atoms with Crippen LogP contribution in [0.5, 0.6) is 5.75 Å². The highest BCUT2D eigenvalue weighted by Crippen LogP contribution is 2.24. The summed E-state index contributed by atoms with van der Waals surface area (Å²) >= 11 is 0. The Labute approximate surface area is 83.9 Å². The van der Waals surface area contributed by atoms with E-state index in [-0.39, 0.29) is 11.2 Å². The number of benzene rings is 1. The van der Waals surface area contributed by atoms with Crippen molar-refractivity contribution in [2.24, 2.45) is 5.41 Å². The summed E-state index contributed by atoms with van der Waals surface area (Å²) in [5, 5.41) is 0. The molecule has 1 aromatic carbocycles. The van der Waals surface area contributed by atoms with Gasteiger partial charge in [0.1, 0.15) is 11.6 Å². The molecule has 2 N–H and O–H groups in total. The molecule has 0 aromatic heterocycles. The predicted octanol–water partition coefficient (Wildman–Crippen LogP) is 2.83. The minimum atomic E-state index is -0.342. The van der Waals surface area contributed by atoms with Gasteiger partial charge in [-0.05, 0) is 17.5 Å². The molecule has 0 aliphatic carbocycles. The van der Waals surface area contributed by atoms with E-state index in [9.17, 15) is 4.39 Å². The van der Waals surface area contributed by atoms with Gasteiger partial charge in [-0.2, -0.15) is 0 Å². The van der Waals surface area contributed by atoms with Crippen molar-refractivity contribution in [3.63, 3.8) is 0 Å². The highest BCUT2D eigenvalue weighted by molar-refractivity contribution is 5.52. The lowest BCUT2D eigenvalue weighted by atomic mass is 9.99. The largest absolute Gasteiger partial charge is 0.491 e. The van der Waals surface area contributed by atoms with Gasteiger partial charge in [-0.1, -0.05) is 20.8 Å². The number of halogens is 1. The van der Waals surface area contributed by atoms with Crippen LogP contribution in [0.1, 0.15) is 20.8 Å². The fraction of sp³-hybridized carbons (Fsp3) is 0.455. The van der Waals surface area contributed by atoms with Crippen LogP contribution in [0.4, 0.5) is 10.1 Å². The summed E-state index contributed by atoms with van der Waals surface area (Å²) in [5.74, 6) is 0.201. The van der Waals surface area contributed by atoms with Gasteiger partial charge in [0.05, 0.1) is 12.3 Å². The average molecular weight is 197 g/mol. The Morgan fingerprint density at radius 3 is 2.50 bits per heavy atom. The molecule has 3 heteroatoms. The summed E-state index contributed by atoms with van der Waals surface area (Å²) in [6.07, 6.45) is 0. The van der Waals surface area contributed by atoms with Gasteiger partial charge < -0.3 is 10.5 Å². The van der Waals surface area contributed by atoms with E-state index in [1.165, 1.54) is 12.1 Å². The molecule has 0 bridgehead atoms. The molecule has 0 radical (unpaired) electrons. The molecule has 0 fully saturated rings. The summed E-state index contributed by atoms with van der Waals surface area (Å²) in [4.78, 5) is 0. The zero-order valence-electron chi connectivity index (χ0n) is 8.80. The van der Waals surface area contributed by atoms with Crippen molar-refractivity contribution in [3.05, 3.63) is 24.0 Å². The van der Waals surface area contributed by atoms with Crippen LogP contribution >= 0.6 is 0 Å². The molecule has 0 unspecified atom stereocenters. The third-order valence-corrected chi connectivity index (χ3v) is 1.63. The number of nitrogen functional groups attached to an aromatic ring is 1. The van der Waals surface area contributed by atoms with E-state index < -0.39 is 0 Å². The molecule has 0 aliphatic rings. The molecule has 0 saturated heterocycles. The highest BCUT2D eigenvalue weighted by atomic mass is 19.1. The summed E-state index contributed by atoms with van der Waals surface area (Å²) < 4.78 is 18.2. The monoisotopic (exact) mass is 197 g/mol. The molecule has 0 aliphatic heterocycles. The molecule has 1 aromatic rings.